The van der Waals surface area contributed by atoms with Gasteiger partial charge in [-0.3, -0.25) is 9.59 Å². The number of nitrogens with one attached hydrogen (secondary N) is 2. The first-order chi connectivity index (χ1) is 15.0. The van der Waals surface area contributed by atoms with Crippen LogP contribution in [0.15, 0.2) is 28.1 Å². The summed E-state index contributed by atoms with van der Waals surface area (Å²) in [5.41, 5.74) is 1.77. The Morgan fingerprint density at radius 3 is 2.23 bits per heavy atom. The Morgan fingerprint density at radius 1 is 1.00 bits per heavy atom. The second-order valence-corrected chi connectivity index (χ2v) is 7.73. The number of hydrogen-bond acceptors (Lipinski definition) is 7. The number of rotatable bonds is 3. The van der Waals surface area contributed by atoms with Gasteiger partial charge < -0.3 is 14.7 Å². The summed E-state index contributed by atoms with van der Waals surface area (Å²) in [6.45, 7) is 5.17. The maximum absolute atomic E-state index is 11.9. The molecule has 0 unspecified atom stereocenters. The Labute approximate surface area is 189 Å². The lowest BCUT2D eigenvalue weighted by Gasteiger charge is -2.12. The summed E-state index contributed by atoms with van der Waals surface area (Å²) in [5.74, 6) is 2.09. The van der Waals surface area contributed by atoms with Gasteiger partial charge in [0, 0.05) is 35.4 Å². The third kappa shape index (κ3) is 4.30. The molecule has 0 aromatic carbocycles. The molecule has 0 atom stereocenters. The average Bonchev–Trinajstić information content (AvgIpc) is 3.39. The molecule has 0 saturated heterocycles. The summed E-state index contributed by atoms with van der Waals surface area (Å²) in [4.78, 5) is 37.0. The number of imidazole rings is 2. The summed E-state index contributed by atoms with van der Waals surface area (Å²) in [6.07, 6.45) is 7.27. The van der Waals surface area contributed by atoms with Crippen molar-refractivity contribution in [2.24, 2.45) is 0 Å². The molecule has 0 amide bonds. The van der Waals surface area contributed by atoms with E-state index in [2.05, 4.69) is 30.1 Å². The van der Waals surface area contributed by atoms with Crippen LogP contribution in [0.2, 0.25) is 0 Å². The van der Waals surface area contributed by atoms with Gasteiger partial charge in [0.05, 0.1) is 25.6 Å². The van der Waals surface area contributed by atoms with E-state index >= 15 is 0 Å². The smallest absolute Gasteiger partial charge is 0.276 e. The molecule has 0 spiro atoms. The third-order valence-corrected chi connectivity index (χ3v) is 5.51. The number of fused-ring (bicyclic) bond motifs is 2. The van der Waals surface area contributed by atoms with Crippen molar-refractivity contribution in [1.29, 1.82) is 0 Å². The minimum absolute atomic E-state index is 0.137. The first-order valence-electron chi connectivity index (χ1n) is 9.88. The molecule has 1 aliphatic rings. The van der Waals surface area contributed by atoms with E-state index in [0.29, 0.717) is 52.6 Å². The molecule has 4 aromatic rings. The monoisotopic (exact) mass is 536 g/mol. The van der Waals surface area contributed by atoms with Crippen LogP contribution in [0.1, 0.15) is 37.7 Å². The number of H-pyrrole nitrogens is 2. The van der Waals surface area contributed by atoms with Gasteiger partial charge in [0.1, 0.15) is 11.6 Å². The van der Waals surface area contributed by atoms with Crippen LogP contribution in [0.3, 0.4) is 0 Å². The predicted molar refractivity (Wildman–Crippen MR) is 122 cm³/mol. The van der Waals surface area contributed by atoms with E-state index in [0.717, 1.165) is 17.8 Å². The van der Waals surface area contributed by atoms with E-state index in [4.69, 9.17) is 4.74 Å². The molecule has 0 aliphatic carbocycles. The molecular formula is C19H21IN8O3. The first-order valence-corrected chi connectivity index (χ1v) is 11.0. The standard InChI is InChI=1S/C12H14N4O2.C7H7IN4O/c1-2-10-14-12(17)9-7-13-11(16(9)15-10)8-3-5-18-6-4-8;1-2-5-10-6(13)4-3-9-7(8)12(4)11-5/h3,7H,2,4-6H2,1H3,(H,14,15,17);3H,2H2,1H3,(H,10,11,13). The van der Waals surface area contributed by atoms with E-state index in [1.54, 1.807) is 15.2 Å². The Balaban J connectivity index is 0.000000158. The quantitative estimate of drug-likeness (QED) is 0.378. The topological polar surface area (TPSA) is 135 Å². The third-order valence-electron chi connectivity index (χ3n) is 4.78. The molecule has 12 heteroatoms. The summed E-state index contributed by atoms with van der Waals surface area (Å²) >= 11 is 2.04. The van der Waals surface area contributed by atoms with E-state index in [9.17, 15) is 9.59 Å². The van der Waals surface area contributed by atoms with Crippen molar-refractivity contribution in [3.8, 4) is 0 Å². The Bertz CT molecular complexity index is 1380. The molecule has 4 aromatic heterocycles. The van der Waals surface area contributed by atoms with Gasteiger partial charge in [0.2, 0.25) is 0 Å². The lowest BCUT2D eigenvalue weighted by molar-refractivity contribution is 0.161. The second kappa shape index (κ2) is 9.09. The molecule has 162 valence electrons. The fourth-order valence-corrected chi connectivity index (χ4v) is 3.63. The first kappa shape index (κ1) is 21.4. The molecule has 31 heavy (non-hydrogen) atoms. The van der Waals surface area contributed by atoms with Crippen LogP contribution in [0.25, 0.3) is 16.6 Å². The number of hydrogen-bond donors (Lipinski definition) is 2. The van der Waals surface area contributed by atoms with Gasteiger partial charge >= 0.3 is 0 Å². The van der Waals surface area contributed by atoms with Crippen molar-refractivity contribution >= 4 is 39.2 Å². The number of aromatic nitrogens is 8. The number of ether oxygens (including phenoxy) is 1. The molecule has 5 rings (SSSR count). The molecule has 0 radical (unpaired) electrons. The van der Waals surface area contributed by atoms with Crippen LogP contribution in [0.4, 0.5) is 0 Å². The van der Waals surface area contributed by atoms with Gasteiger partial charge in [0.15, 0.2) is 20.7 Å². The lowest BCUT2D eigenvalue weighted by atomic mass is 10.1. The summed E-state index contributed by atoms with van der Waals surface area (Å²) in [7, 11) is 0. The van der Waals surface area contributed by atoms with Crippen molar-refractivity contribution in [3.63, 3.8) is 0 Å². The van der Waals surface area contributed by atoms with Crippen molar-refractivity contribution in [1.82, 2.24) is 39.2 Å². The van der Waals surface area contributed by atoms with Gasteiger partial charge in [-0.15, -0.1) is 0 Å². The fraction of sp³-hybridized carbons (Fsp3) is 0.368. The second-order valence-electron chi connectivity index (χ2n) is 6.77. The molecule has 0 bridgehead atoms. The zero-order valence-electron chi connectivity index (χ0n) is 17.1. The van der Waals surface area contributed by atoms with Crippen LogP contribution < -0.4 is 11.1 Å². The maximum Gasteiger partial charge on any atom is 0.276 e. The summed E-state index contributed by atoms with van der Waals surface area (Å²) in [6, 6.07) is 0. The number of aryl methyl sites for hydroxylation is 2. The number of nitrogens with zero attached hydrogens (tertiary/aromatic N) is 6. The average molecular weight is 536 g/mol. The fourth-order valence-electron chi connectivity index (χ4n) is 3.12. The molecule has 0 saturated carbocycles. The molecule has 0 fully saturated rings. The van der Waals surface area contributed by atoms with Gasteiger partial charge in [0.25, 0.3) is 11.1 Å². The molecule has 2 N–H and O–H groups in total. The highest BCUT2D eigenvalue weighted by molar-refractivity contribution is 14.1. The molecule has 1 aliphatic heterocycles. The highest BCUT2D eigenvalue weighted by Gasteiger charge is 2.15. The largest absolute Gasteiger partial charge is 0.377 e. The van der Waals surface area contributed by atoms with Gasteiger partial charge in [-0.1, -0.05) is 19.9 Å². The highest BCUT2D eigenvalue weighted by atomic mass is 127. The van der Waals surface area contributed by atoms with Crippen LogP contribution in [0, 0.1) is 3.83 Å². The van der Waals surface area contributed by atoms with Crippen molar-refractivity contribution in [2.45, 2.75) is 33.1 Å². The maximum atomic E-state index is 11.9. The zero-order chi connectivity index (χ0) is 22.0. The summed E-state index contributed by atoms with van der Waals surface area (Å²) in [5, 5.41) is 8.61. The number of aromatic amines is 2. The van der Waals surface area contributed by atoms with Crippen LogP contribution in [0.5, 0.6) is 0 Å². The lowest BCUT2D eigenvalue weighted by Crippen LogP contribution is -2.17. The van der Waals surface area contributed by atoms with Crippen molar-refractivity contribution < 1.29 is 4.74 Å². The molecule has 5 heterocycles. The predicted octanol–water partition coefficient (Wildman–Crippen LogP) is 1.37. The van der Waals surface area contributed by atoms with E-state index in [1.807, 2.05) is 42.5 Å². The van der Waals surface area contributed by atoms with E-state index in [-0.39, 0.29) is 11.1 Å². The van der Waals surface area contributed by atoms with Gasteiger partial charge in [-0.2, -0.15) is 10.2 Å². The Morgan fingerprint density at radius 2 is 1.61 bits per heavy atom. The van der Waals surface area contributed by atoms with E-state index < -0.39 is 0 Å². The minimum Gasteiger partial charge on any atom is -0.377 e. The van der Waals surface area contributed by atoms with Crippen LogP contribution in [-0.2, 0) is 17.6 Å². The van der Waals surface area contributed by atoms with Crippen molar-refractivity contribution in [2.75, 3.05) is 13.2 Å². The minimum atomic E-state index is -0.145. The molecule has 11 nitrogen and oxygen atoms in total. The summed E-state index contributed by atoms with van der Waals surface area (Å²) < 4.78 is 9.17. The van der Waals surface area contributed by atoms with Gasteiger partial charge in [-0.05, 0) is 12.0 Å². The van der Waals surface area contributed by atoms with Crippen LogP contribution >= 0.6 is 22.6 Å². The van der Waals surface area contributed by atoms with Crippen LogP contribution in [-0.4, -0.2) is 52.4 Å². The number of halogens is 1. The Kier molecular flexibility index (Phi) is 6.27. The highest BCUT2D eigenvalue weighted by Crippen LogP contribution is 2.19. The molecular weight excluding hydrogens is 515 g/mol. The van der Waals surface area contributed by atoms with E-state index in [1.165, 1.54) is 6.20 Å². The zero-order valence-corrected chi connectivity index (χ0v) is 19.2. The Hall–Kier alpha value is -2.87. The normalized spacial score (nSPS) is 13.8. The van der Waals surface area contributed by atoms with Gasteiger partial charge in [-0.25, -0.2) is 19.0 Å². The SMILES string of the molecule is CCc1nn2c(C3=CCOCC3)ncc2c(=O)[nH]1.CCc1nn2c(I)ncc2c(=O)[nH]1. The van der Waals surface area contributed by atoms with Crippen molar-refractivity contribution in [3.05, 3.63) is 60.5 Å².